The molecule has 1 aromatic carbocycles. The molecule has 0 bridgehead atoms. The van der Waals surface area contributed by atoms with Gasteiger partial charge in [-0.3, -0.25) is 0 Å². The van der Waals surface area contributed by atoms with Gasteiger partial charge in [-0.25, -0.2) is 0 Å². The van der Waals surface area contributed by atoms with Crippen LogP contribution in [0, 0.1) is 5.92 Å². The zero-order valence-corrected chi connectivity index (χ0v) is 9.96. The Bertz CT molecular complexity index is 484. The molecule has 3 rings (SSSR count). The second-order valence-corrected chi connectivity index (χ2v) is 4.99. The van der Waals surface area contributed by atoms with Crippen LogP contribution in [-0.2, 0) is 17.9 Å². The van der Waals surface area contributed by atoms with Crippen LogP contribution < -0.4 is 4.89 Å². The van der Waals surface area contributed by atoms with E-state index in [9.17, 15) is 0 Å². The van der Waals surface area contributed by atoms with Crippen molar-refractivity contribution in [1.82, 2.24) is 0 Å². The van der Waals surface area contributed by atoms with E-state index in [2.05, 4.69) is 32.9 Å². The number of rotatable bonds is 1. The van der Waals surface area contributed by atoms with Crippen LogP contribution in [0.5, 0.6) is 5.75 Å². The lowest BCUT2D eigenvalue weighted by molar-refractivity contribution is -0.194. The summed E-state index contributed by atoms with van der Waals surface area (Å²) in [5.74, 6) is 1.47. The Kier molecular flexibility index (Phi) is 2.08. The molecular weight excluding hydrogens is 200 g/mol. The average Bonchev–Trinajstić information content (AvgIpc) is 2.75. The third kappa shape index (κ3) is 1.30. The lowest BCUT2D eigenvalue weighted by Crippen LogP contribution is -1.94. The Morgan fingerprint density at radius 1 is 1.19 bits per heavy atom. The van der Waals surface area contributed by atoms with Gasteiger partial charge in [0.25, 0.3) is 0 Å². The molecule has 1 heterocycles. The lowest BCUT2D eigenvalue weighted by atomic mass is 9.94. The zero-order chi connectivity index (χ0) is 11.3. The van der Waals surface area contributed by atoms with E-state index in [0.717, 1.165) is 12.2 Å². The van der Waals surface area contributed by atoms with Gasteiger partial charge in [0.15, 0.2) is 5.75 Å². The normalized spacial score (nSPS) is 17.8. The van der Waals surface area contributed by atoms with Gasteiger partial charge in [0.1, 0.15) is 6.61 Å². The Morgan fingerprint density at radius 2 is 2.00 bits per heavy atom. The van der Waals surface area contributed by atoms with Crippen molar-refractivity contribution in [3.8, 4) is 5.75 Å². The first-order chi connectivity index (χ1) is 7.66. The van der Waals surface area contributed by atoms with Crippen LogP contribution in [-0.4, -0.2) is 0 Å². The zero-order valence-electron chi connectivity index (χ0n) is 9.96. The van der Waals surface area contributed by atoms with Gasteiger partial charge in [0.05, 0.1) is 0 Å². The highest BCUT2D eigenvalue weighted by molar-refractivity contribution is 5.78. The minimum Gasteiger partial charge on any atom is -0.337 e. The van der Waals surface area contributed by atoms with Crippen LogP contribution in [0.4, 0.5) is 0 Å². The van der Waals surface area contributed by atoms with Crippen LogP contribution >= 0.6 is 0 Å². The lowest BCUT2D eigenvalue weighted by Gasteiger charge is -2.11. The van der Waals surface area contributed by atoms with Crippen LogP contribution in [0.2, 0.25) is 0 Å². The summed E-state index contributed by atoms with van der Waals surface area (Å²) in [6.45, 7) is 7.31. The minimum atomic E-state index is 0.571. The van der Waals surface area contributed by atoms with Crippen molar-refractivity contribution in [1.29, 1.82) is 0 Å². The molecule has 1 aromatic rings. The SMILES string of the molecule is CC1=C(C(C)C)c2cc3c(cc2C1)COO3. The number of benzene rings is 1. The van der Waals surface area contributed by atoms with Crippen molar-refractivity contribution >= 4 is 5.57 Å². The molecule has 0 fully saturated rings. The maximum atomic E-state index is 5.16. The Balaban J connectivity index is 2.14. The highest BCUT2D eigenvalue weighted by Crippen LogP contribution is 2.41. The third-order valence-corrected chi connectivity index (χ3v) is 3.43. The Morgan fingerprint density at radius 3 is 2.75 bits per heavy atom. The van der Waals surface area contributed by atoms with E-state index in [1.165, 1.54) is 27.8 Å². The molecule has 0 saturated heterocycles. The van der Waals surface area contributed by atoms with Gasteiger partial charge in [-0.05, 0) is 48.1 Å². The molecule has 0 unspecified atom stereocenters. The summed E-state index contributed by atoms with van der Waals surface area (Å²) in [4.78, 5) is 10.2. The van der Waals surface area contributed by atoms with Gasteiger partial charge in [-0.1, -0.05) is 19.4 Å². The van der Waals surface area contributed by atoms with Crippen LogP contribution in [0.15, 0.2) is 17.7 Å². The predicted molar refractivity (Wildman–Crippen MR) is 63.0 cm³/mol. The predicted octanol–water partition coefficient (Wildman–Crippen LogP) is 3.50. The first-order valence-electron chi connectivity index (χ1n) is 5.82. The first kappa shape index (κ1) is 9.91. The fourth-order valence-corrected chi connectivity index (χ4v) is 2.83. The highest BCUT2D eigenvalue weighted by atomic mass is 17.2. The molecule has 0 saturated carbocycles. The molecule has 0 spiro atoms. The monoisotopic (exact) mass is 216 g/mol. The van der Waals surface area contributed by atoms with Gasteiger partial charge in [-0.2, -0.15) is 4.89 Å². The summed E-state index contributed by atoms with van der Waals surface area (Å²) >= 11 is 0. The van der Waals surface area contributed by atoms with Gasteiger partial charge in [-0.15, -0.1) is 0 Å². The molecule has 0 atom stereocenters. The summed E-state index contributed by atoms with van der Waals surface area (Å²) in [7, 11) is 0. The van der Waals surface area contributed by atoms with Crippen LogP contribution in [0.3, 0.4) is 0 Å². The van der Waals surface area contributed by atoms with Crippen molar-refractivity contribution in [3.63, 3.8) is 0 Å². The number of allylic oxidation sites excluding steroid dienone is 2. The third-order valence-electron chi connectivity index (χ3n) is 3.43. The van der Waals surface area contributed by atoms with E-state index in [1.807, 2.05) is 0 Å². The summed E-state index contributed by atoms with van der Waals surface area (Å²) in [6, 6.07) is 4.38. The van der Waals surface area contributed by atoms with Crippen molar-refractivity contribution in [2.45, 2.75) is 33.8 Å². The second kappa shape index (κ2) is 3.36. The summed E-state index contributed by atoms with van der Waals surface area (Å²) < 4.78 is 0. The van der Waals surface area contributed by atoms with Crippen molar-refractivity contribution in [2.24, 2.45) is 5.92 Å². The van der Waals surface area contributed by atoms with Crippen molar-refractivity contribution < 1.29 is 9.78 Å². The van der Waals surface area contributed by atoms with Gasteiger partial charge in [0.2, 0.25) is 0 Å². The number of fused-ring (bicyclic) bond motifs is 2. The Hall–Kier alpha value is -1.28. The summed E-state index contributed by atoms with van der Waals surface area (Å²) in [5.41, 5.74) is 6.94. The second-order valence-electron chi connectivity index (χ2n) is 4.99. The molecular formula is C14H16O2. The molecule has 2 heteroatoms. The summed E-state index contributed by atoms with van der Waals surface area (Å²) in [6.07, 6.45) is 1.08. The van der Waals surface area contributed by atoms with Gasteiger partial charge in [0, 0.05) is 5.56 Å². The molecule has 0 N–H and O–H groups in total. The first-order valence-corrected chi connectivity index (χ1v) is 5.82. The molecule has 84 valence electrons. The van der Waals surface area contributed by atoms with Crippen LogP contribution in [0.1, 0.15) is 37.5 Å². The smallest absolute Gasteiger partial charge is 0.171 e. The number of hydrogen-bond acceptors (Lipinski definition) is 2. The minimum absolute atomic E-state index is 0.571. The number of hydrogen-bond donors (Lipinski definition) is 0. The van der Waals surface area contributed by atoms with Gasteiger partial charge >= 0.3 is 0 Å². The fourth-order valence-electron chi connectivity index (χ4n) is 2.83. The average molecular weight is 216 g/mol. The molecule has 16 heavy (non-hydrogen) atoms. The van der Waals surface area contributed by atoms with E-state index in [1.54, 1.807) is 0 Å². The fraction of sp³-hybridized carbons (Fsp3) is 0.429. The maximum absolute atomic E-state index is 5.16. The molecule has 1 aliphatic carbocycles. The van der Waals surface area contributed by atoms with E-state index in [4.69, 9.17) is 9.78 Å². The van der Waals surface area contributed by atoms with Crippen molar-refractivity contribution in [2.75, 3.05) is 0 Å². The maximum Gasteiger partial charge on any atom is 0.171 e. The van der Waals surface area contributed by atoms with E-state index in [-0.39, 0.29) is 0 Å². The quantitative estimate of drug-likeness (QED) is 0.669. The molecule has 0 amide bonds. The molecule has 2 nitrogen and oxygen atoms in total. The van der Waals surface area contributed by atoms with Crippen LogP contribution in [0.25, 0.3) is 5.57 Å². The topological polar surface area (TPSA) is 18.5 Å². The van der Waals surface area contributed by atoms with E-state index >= 15 is 0 Å². The molecule has 0 radical (unpaired) electrons. The van der Waals surface area contributed by atoms with E-state index < -0.39 is 0 Å². The standard InChI is InChI=1S/C14H16O2/c1-8(2)14-9(3)4-10-5-11-7-15-16-13(11)6-12(10)14/h5-6,8H,4,7H2,1-3H3. The van der Waals surface area contributed by atoms with E-state index in [0.29, 0.717) is 12.5 Å². The van der Waals surface area contributed by atoms with Gasteiger partial charge < -0.3 is 4.89 Å². The highest BCUT2D eigenvalue weighted by Gasteiger charge is 2.25. The largest absolute Gasteiger partial charge is 0.337 e. The van der Waals surface area contributed by atoms with Crippen molar-refractivity contribution in [3.05, 3.63) is 34.4 Å². The Labute approximate surface area is 95.8 Å². The summed E-state index contributed by atoms with van der Waals surface area (Å²) in [5, 5.41) is 0. The molecule has 2 aliphatic rings. The molecule has 0 aromatic heterocycles. The molecule has 1 aliphatic heterocycles.